The van der Waals surface area contributed by atoms with E-state index in [9.17, 15) is 4.79 Å². The summed E-state index contributed by atoms with van der Waals surface area (Å²) in [4.78, 5) is 12.3. The number of carbonyl (C=O) groups excluding carboxylic acids is 1. The van der Waals surface area contributed by atoms with Gasteiger partial charge < -0.3 is 9.30 Å². The topological polar surface area (TPSA) is 49.0 Å². The molecule has 3 aromatic rings. The molecular formula is C17H13Cl2N3O2. The highest BCUT2D eigenvalue weighted by molar-refractivity contribution is 6.35. The smallest absolute Gasteiger partial charge is 0.359 e. The number of ether oxygens (including phenoxy) is 1. The zero-order chi connectivity index (χ0) is 16.8. The van der Waals surface area contributed by atoms with Crippen molar-refractivity contribution in [1.82, 2.24) is 14.3 Å². The van der Waals surface area contributed by atoms with Gasteiger partial charge in [0, 0.05) is 16.8 Å². The van der Waals surface area contributed by atoms with Crippen molar-refractivity contribution in [2.24, 2.45) is 0 Å². The number of hydrogen-bond donors (Lipinski definition) is 0. The highest BCUT2D eigenvalue weighted by atomic mass is 35.5. The molecule has 1 aliphatic heterocycles. The number of rotatable bonds is 3. The second-order valence-electron chi connectivity index (χ2n) is 5.43. The van der Waals surface area contributed by atoms with Crippen LogP contribution in [0, 0.1) is 0 Å². The van der Waals surface area contributed by atoms with E-state index < -0.39 is 5.97 Å². The minimum atomic E-state index is -0.427. The summed E-state index contributed by atoms with van der Waals surface area (Å²) < 4.78 is 8.91. The molecule has 1 aliphatic rings. The Labute approximate surface area is 148 Å². The number of hydrogen-bond acceptors (Lipinski definition) is 3. The van der Waals surface area contributed by atoms with E-state index in [1.54, 1.807) is 29.8 Å². The Morgan fingerprint density at radius 1 is 1.33 bits per heavy atom. The molecule has 4 rings (SSSR count). The summed E-state index contributed by atoms with van der Waals surface area (Å²) in [5.41, 5.74) is 3.67. The van der Waals surface area contributed by atoms with Crippen LogP contribution in [0.25, 0.3) is 17.1 Å². The van der Waals surface area contributed by atoms with Crippen LogP contribution in [0.4, 0.5) is 0 Å². The molecule has 0 bridgehead atoms. The number of benzene rings is 1. The molecule has 7 heteroatoms. The van der Waals surface area contributed by atoms with Gasteiger partial charge in [-0.1, -0.05) is 23.2 Å². The number of carbonyl (C=O) groups is 1. The molecule has 0 aliphatic carbocycles. The summed E-state index contributed by atoms with van der Waals surface area (Å²) >= 11 is 12.3. The molecule has 24 heavy (non-hydrogen) atoms. The first-order chi connectivity index (χ1) is 11.6. The van der Waals surface area contributed by atoms with E-state index in [0.717, 1.165) is 17.0 Å². The summed E-state index contributed by atoms with van der Waals surface area (Å²) in [5, 5.41) is 5.50. The molecule has 0 N–H and O–H groups in total. The van der Waals surface area contributed by atoms with Gasteiger partial charge in [-0.2, -0.15) is 5.10 Å². The van der Waals surface area contributed by atoms with E-state index in [1.807, 2.05) is 18.3 Å². The first-order valence-electron chi connectivity index (χ1n) is 7.50. The molecule has 0 unspecified atom stereocenters. The lowest BCUT2D eigenvalue weighted by molar-refractivity contribution is 0.0517. The monoisotopic (exact) mass is 361 g/mol. The van der Waals surface area contributed by atoms with Gasteiger partial charge in [0.25, 0.3) is 0 Å². The van der Waals surface area contributed by atoms with Gasteiger partial charge in [0.2, 0.25) is 0 Å². The van der Waals surface area contributed by atoms with E-state index in [-0.39, 0.29) is 0 Å². The van der Waals surface area contributed by atoms with Crippen molar-refractivity contribution in [3.8, 4) is 17.1 Å². The van der Waals surface area contributed by atoms with Crippen LogP contribution >= 0.6 is 23.2 Å². The van der Waals surface area contributed by atoms with Gasteiger partial charge in [-0.3, -0.25) is 0 Å². The summed E-state index contributed by atoms with van der Waals surface area (Å²) in [6.07, 6.45) is 1.97. The minimum absolute atomic E-state index is 0.300. The van der Waals surface area contributed by atoms with Crippen LogP contribution in [-0.4, -0.2) is 26.9 Å². The fourth-order valence-electron chi connectivity index (χ4n) is 2.99. The van der Waals surface area contributed by atoms with Crippen molar-refractivity contribution in [3.63, 3.8) is 0 Å². The van der Waals surface area contributed by atoms with Gasteiger partial charge in [-0.25, -0.2) is 9.48 Å². The number of nitrogens with zero attached hydrogens (tertiary/aromatic N) is 3. The van der Waals surface area contributed by atoms with Gasteiger partial charge >= 0.3 is 5.97 Å². The van der Waals surface area contributed by atoms with Gasteiger partial charge in [0.1, 0.15) is 0 Å². The van der Waals surface area contributed by atoms with Crippen molar-refractivity contribution >= 4 is 29.2 Å². The van der Waals surface area contributed by atoms with E-state index in [4.69, 9.17) is 27.9 Å². The lowest BCUT2D eigenvalue weighted by atomic mass is 10.1. The molecule has 0 amide bonds. The third-order valence-electron chi connectivity index (χ3n) is 3.99. The van der Waals surface area contributed by atoms with Crippen LogP contribution in [0.1, 0.15) is 23.0 Å². The third-order valence-corrected chi connectivity index (χ3v) is 4.53. The SMILES string of the molecule is CCOC(=O)c1nn(-c2ccc(Cl)cc2Cl)c2c1Cn1cccc1-2. The maximum absolute atomic E-state index is 12.3. The molecule has 122 valence electrons. The molecule has 3 heterocycles. The highest BCUT2D eigenvalue weighted by Crippen LogP contribution is 2.38. The molecule has 0 saturated carbocycles. The summed E-state index contributed by atoms with van der Waals surface area (Å²) in [5.74, 6) is -0.427. The first-order valence-corrected chi connectivity index (χ1v) is 8.25. The van der Waals surface area contributed by atoms with Gasteiger partial charge in [-0.15, -0.1) is 0 Å². The van der Waals surface area contributed by atoms with Crippen molar-refractivity contribution in [3.05, 3.63) is 57.8 Å². The molecule has 0 fully saturated rings. The van der Waals surface area contributed by atoms with Crippen molar-refractivity contribution in [2.45, 2.75) is 13.5 Å². The lowest BCUT2D eigenvalue weighted by Gasteiger charge is -2.08. The fourth-order valence-corrected chi connectivity index (χ4v) is 3.48. The number of fused-ring (bicyclic) bond motifs is 3. The van der Waals surface area contributed by atoms with Crippen molar-refractivity contribution in [2.75, 3.05) is 6.61 Å². The standard InChI is InChI=1S/C17H13Cl2N3O2/c1-2-24-17(23)15-11-9-21-7-3-4-14(21)16(11)22(20-15)13-6-5-10(18)8-12(13)19/h3-8H,2,9H2,1H3. The molecule has 0 spiro atoms. The van der Waals surface area contributed by atoms with E-state index in [0.29, 0.717) is 34.6 Å². The average molecular weight is 362 g/mol. The van der Waals surface area contributed by atoms with Crippen molar-refractivity contribution in [1.29, 1.82) is 0 Å². The second kappa shape index (κ2) is 5.69. The summed E-state index contributed by atoms with van der Waals surface area (Å²) in [6, 6.07) is 9.14. The largest absolute Gasteiger partial charge is 0.461 e. The summed E-state index contributed by atoms with van der Waals surface area (Å²) in [7, 11) is 0. The summed E-state index contributed by atoms with van der Waals surface area (Å²) in [6.45, 7) is 2.65. The Balaban J connectivity index is 1.95. The van der Waals surface area contributed by atoms with E-state index in [1.165, 1.54) is 0 Å². The molecule has 2 aromatic heterocycles. The molecule has 0 atom stereocenters. The van der Waals surface area contributed by atoms with E-state index >= 15 is 0 Å². The Morgan fingerprint density at radius 3 is 2.92 bits per heavy atom. The maximum atomic E-state index is 12.3. The highest BCUT2D eigenvalue weighted by Gasteiger charge is 2.31. The number of aromatic nitrogens is 3. The van der Waals surface area contributed by atoms with Crippen LogP contribution in [-0.2, 0) is 11.3 Å². The second-order valence-corrected chi connectivity index (χ2v) is 6.27. The van der Waals surface area contributed by atoms with Crippen LogP contribution in [0.3, 0.4) is 0 Å². The van der Waals surface area contributed by atoms with Crippen molar-refractivity contribution < 1.29 is 9.53 Å². The maximum Gasteiger partial charge on any atom is 0.359 e. The molecule has 1 aromatic carbocycles. The quantitative estimate of drug-likeness (QED) is 0.514. The van der Waals surface area contributed by atoms with Crippen LogP contribution in [0.15, 0.2) is 36.5 Å². The first kappa shape index (κ1) is 15.3. The molecule has 5 nitrogen and oxygen atoms in total. The number of halogens is 2. The average Bonchev–Trinajstić information content (AvgIpc) is 3.18. The Hall–Kier alpha value is -2.24. The lowest BCUT2D eigenvalue weighted by Crippen LogP contribution is -2.10. The fraction of sp³-hybridized carbons (Fsp3) is 0.176. The van der Waals surface area contributed by atoms with Crippen LogP contribution in [0.2, 0.25) is 10.0 Å². The Bertz CT molecular complexity index is 959. The van der Waals surface area contributed by atoms with Crippen LogP contribution < -0.4 is 0 Å². The number of esters is 1. The molecule has 0 radical (unpaired) electrons. The minimum Gasteiger partial charge on any atom is -0.461 e. The molecule has 0 saturated heterocycles. The molecular weight excluding hydrogens is 349 g/mol. The van der Waals surface area contributed by atoms with Gasteiger partial charge in [0.15, 0.2) is 5.69 Å². The van der Waals surface area contributed by atoms with Gasteiger partial charge in [-0.05, 0) is 37.3 Å². The predicted octanol–water partition coefficient (Wildman–Crippen LogP) is 4.19. The van der Waals surface area contributed by atoms with E-state index in [2.05, 4.69) is 9.67 Å². The normalized spacial score (nSPS) is 12.1. The zero-order valence-electron chi connectivity index (χ0n) is 12.8. The Kier molecular flexibility index (Phi) is 3.62. The predicted molar refractivity (Wildman–Crippen MR) is 92.1 cm³/mol. The third kappa shape index (κ3) is 2.24. The van der Waals surface area contributed by atoms with Gasteiger partial charge in [0.05, 0.1) is 35.2 Å². The zero-order valence-corrected chi connectivity index (χ0v) is 14.3. The van der Waals surface area contributed by atoms with Crippen LogP contribution in [0.5, 0.6) is 0 Å². The Morgan fingerprint density at radius 2 is 2.17 bits per heavy atom.